The molecule has 0 aliphatic carbocycles. The summed E-state index contributed by atoms with van der Waals surface area (Å²) in [5.41, 5.74) is 2.31. The number of benzene rings is 1. The third-order valence-electron chi connectivity index (χ3n) is 2.31. The number of aryl methyl sites for hydroxylation is 2. The number of hydrogen-bond donors (Lipinski definition) is 0. The van der Waals surface area contributed by atoms with Crippen molar-refractivity contribution in [2.24, 2.45) is 0 Å². The first-order chi connectivity index (χ1) is 7.59. The first-order valence-corrected chi connectivity index (χ1v) is 5.71. The van der Waals surface area contributed by atoms with E-state index in [1.165, 1.54) is 4.68 Å². The van der Waals surface area contributed by atoms with E-state index in [-0.39, 0.29) is 5.91 Å². The third-order valence-corrected chi connectivity index (χ3v) is 3.00. The van der Waals surface area contributed by atoms with Crippen LogP contribution in [0.2, 0.25) is 0 Å². The molecule has 0 atom stereocenters. The summed E-state index contributed by atoms with van der Waals surface area (Å²) in [6.07, 6.45) is 0. The van der Waals surface area contributed by atoms with Gasteiger partial charge in [0.25, 0.3) is 5.91 Å². The Labute approximate surface area is 102 Å². The van der Waals surface area contributed by atoms with Crippen molar-refractivity contribution in [2.45, 2.75) is 13.8 Å². The summed E-state index contributed by atoms with van der Waals surface area (Å²) < 4.78 is 2.21. The van der Waals surface area contributed by atoms with Gasteiger partial charge in [0.2, 0.25) is 0 Å². The molecule has 1 aromatic heterocycles. The van der Waals surface area contributed by atoms with Gasteiger partial charge in [-0.2, -0.15) is 5.10 Å². The Kier molecular flexibility index (Phi) is 2.92. The number of halogens is 1. The molecule has 4 heteroatoms. The highest BCUT2D eigenvalue weighted by Gasteiger charge is 2.14. The van der Waals surface area contributed by atoms with Crippen LogP contribution in [-0.4, -0.2) is 15.7 Å². The smallest absolute Gasteiger partial charge is 0.267 e. The maximum Gasteiger partial charge on any atom is 0.279 e. The number of carbonyl (C=O) groups excluding carboxylic acids is 1. The predicted molar refractivity (Wildman–Crippen MR) is 65.6 cm³/mol. The molecule has 0 aliphatic heterocycles. The van der Waals surface area contributed by atoms with Gasteiger partial charge in [-0.15, -0.1) is 0 Å². The minimum absolute atomic E-state index is 0.113. The molecule has 0 bridgehead atoms. The van der Waals surface area contributed by atoms with Crippen LogP contribution in [0.4, 0.5) is 0 Å². The summed E-state index contributed by atoms with van der Waals surface area (Å²) in [6.45, 7) is 3.74. The van der Waals surface area contributed by atoms with Gasteiger partial charge in [0.05, 0.1) is 11.3 Å². The van der Waals surface area contributed by atoms with Crippen molar-refractivity contribution in [3.63, 3.8) is 0 Å². The molecule has 0 spiro atoms. The summed E-state index contributed by atoms with van der Waals surface area (Å²) in [5, 5.41) is 4.17. The maximum atomic E-state index is 12.2. The van der Waals surface area contributed by atoms with Crippen molar-refractivity contribution in [1.29, 1.82) is 0 Å². The molecule has 0 fully saturated rings. The average molecular weight is 279 g/mol. The second-order valence-electron chi connectivity index (χ2n) is 3.62. The number of nitrogens with zero attached hydrogens (tertiary/aromatic N) is 2. The maximum absolute atomic E-state index is 12.2. The monoisotopic (exact) mass is 278 g/mol. The first kappa shape index (κ1) is 11.1. The lowest BCUT2D eigenvalue weighted by molar-refractivity contribution is 0.0941. The van der Waals surface area contributed by atoms with E-state index in [2.05, 4.69) is 21.0 Å². The summed E-state index contributed by atoms with van der Waals surface area (Å²) >= 11 is 3.36. The number of rotatable bonds is 1. The second-order valence-corrected chi connectivity index (χ2v) is 4.48. The molecule has 82 valence electrons. The van der Waals surface area contributed by atoms with Crippen LogP contribution in [0.15, 0.2) is 34.8 Å². The lowest BCUT2D eigenvalue weighted by Gasteiger charge is -2.04. The molecule has 0 amide bonds. The highest BCUT2D eigenvalue weighted by Crippen LogP contribution is 2.17. The van der Waals surface area contributed by atoms with Gasteiger partial charge >= 0.3 is 0 Å². The zero-order valence-electron chi connectivity index (χ0n) is 9.07. The van der Waals surface area contributed by atoms with E-state index in [0.717, 1.165) is 15.9 Å². The van der Waals surface area contributed by atoms with E-state index >= 15 is 0 Å². The highest BCUT2D eigenvalue weighted by atomic mass is 79.9. The van der Waals surface area contributed by atoms with E-state index in [0.29, 0.717) is 5.56 Å². The number of carbonyl (C=O) groups is 1. The minimum Gasteiger partial charge on any atom is -0.267 e. The fourth-order valence-corrected chi connectivity index (χ4v) is 2.04. The van der Waals surface area contributed by atoms with Crippen LogP contribution >= 0.6 is 15.9 Å². The minimum atomic E-state index is -0.113. The predicted octanol–water partition coefficient (Wildman–Crippen LogP) is 2.95. The normalized spacial score (nSPS) is 10.4. The van der Waals surface area contributed by atoms with Gasteiger partial charge in [-0.05, 0) is 48.0 Å². The Morgan fingerprint density at radius 2 is 2.00 bits per heavy atom. The lowest BCUT2D eigenvalue weighted by atomic mass is 10.2. The summed E-state index contributed by atoms with van der Waals surface area (Å²) in [6, 6.07) is 9.22. The topological polar surface area (TPSA) is 34.9 Å². The molecule has 3 nitrogen and oxygen atoms in total. The fourth-order valence-electron chi connectivity index (χ4n) is 1.58. The molecule has 1 heterocycles. The van der Waals surface area contributed by atoms with Crippen LogP contribution in [-0.2, 0) is 0 Å². The molecular formula is C12H11BrN2O. The fraction of sp³-hybridized carbons (Fsp3) is 0.167. The van der Waals surface area contributed by atoms with Crippen molar-refractivity contribution >= 4 is 21.8 Å². The van der Waals surface area contributed by atoms with Crippen molar-refractivity contribution in [2.75, 3.05) is 0 Å². The second kappa shape index (κ2) is 4.22. The van der Waals surface area contributed by atoms with Crippen molar-refractivity contribution < 1.29 is 4.79 Å². The molecule has 16 heavy (non-hydrogen) atoms. The first-order valence-electron chi connectivity index (χ1n) is 4.92. The van der Waals surface area contributed by atoms with E-state index in [1.54, 1.807) is 6.07 Å². The zero-order valence-corrected chi connectivity index (χ0v) is 10.7. The third kappa shape index (κ3) is 1.93. The highest BCUT2D eigenvalue weighted by molar-refractivity contribution is 9.10. The van der Waals surface area contributed by atoms with Gasteiger partial charge < -0.3 is 0 Å². The van der Waals surface area contributed by atoms with Crippen molar-refractivity contribution in [1.82, 2.24) is 9.78 Å². The molecule has 0 saturated heterocycles. The molecule has 0 N–H and O–H groups in total. The lowest BCUT2D eigenvalue weighted by Crippen LogP contribution is -2.15. The van der Waals surface area contributed by atoms with Gasteiger partial charge in [0.1, 0.15) is 0 Å². The van der Waals surface area contributed by atoms with Gasteiger partial charge in [0.15, 0.2) is 0 Å². The van der Waals surface area contributed by atoms with Gasteiger partial charge in [0, 0.05) is 10.2 Å². The Morgan fingerprint density at radius 3 is 2.56 bits per heavy atom. The largest absolute Gasteiger partial charge is 0.279 e. The van der Waals surface area contributed by atoms with Crippen LogP contribution in [0.5, 0.6) is 0 Å². The number of aromatic nitrogens is 2. The van der Waals surface area contributed by atoms with Crippen LogP contribution in [0, 0.1) is 13.8 Å². The van der Waals surface area contributed by atoms with Crippen molar-refractivity contribution in [3.05, 3.63) is 51.8 Å². The van der Waals surface area contributed by atoms with Gasteiger partial charge in [-0.25, -0.2) is 4.68 Å². The van der Waals surface area contributed by atoms with Crippen molar-refractivity contribution in [3.8, 4) is 0 Å². The quantitative estimate of drug-likeness (QED) is 0.804. The van der Waals surface area contributed by atoms with Gasteiger partial charge in [-0.3, -0.25) is 4.79 Å². The van der Waals surface area contributed by atoms with Crippen LogP contribution < -0.4 is 0 Å². The SMILES string of the molecule is Cc1cc(C)n(C(=O)c2ccccc2Br)n1. The van der Waals surface area contributed by atoms with Gasteiger partial charge in [-0.1, -0.05) is 12.1 Å². The summed E-state index contributed by atoms with van der Waals surface area (Å²) in [7, 11) is 0. The average Bonchev–Trinajstić information content (AvgIpc) is 2.58. The van der Waals surface area contributed by atoms with Crippen LogP contribution in [0.3, 0.4) is 0 Å². The van der Waals surface area contributed by atoms with E-state index < -0.39 is 0 Å². The van der Waals surface area contributed by atoms with Crippen LogP contribution in [0.25, 0.3) is 0 Å². The molecular weight excluding hydrogens is 268 g/mol. The molecule has 0 saturated carbocycles. The summed E-state index contributed by atoms with van der Waals surface area (Å²) in [4.78, 5) is 12.2. The van der Waals surface area contributed by atoms with Crippen LogP contribution in [0.1, 0.15) is 21.7 Å². The van der Waals surface area contributed by atoms with E-state index in [4.69, 9.17) is 0 Å². The van der Waals surface area contributed by atoms with E-state index in [9.17, 15) is 4.79 Å². The Balaban J connectivity index is 2.47. The molecule has 0 unspecified atom stereocenters. The zero-order chi connectivity index (χ0) is 11.7. The summed E-state index contributed by atoms with van der Waals surface area (Å²) in [5.74, 6) is -0.113. The Bertz CT molecular complexity index is 546. The molecule has 0 radical (unpaired) electrons. The Morgan fingerprint density at radius 1 is 1.31 bits per heavy atom. The van der Waals surface area contributed by atoms with E-state index in [1.807, 2.05) is 38.1 Å². The molecule has 2 rings (SSSR count). The standard InChI is InChI=1S/C12H11BrN2O/c1-8-7-9(2)15(14-8)12(16)10-5-3-4-6-11(10)13/h3-7H,1-2H3. The molecule has 0 aliphatic rings. The number of hydrogen-bond acceptors (Lipinski definition) is 2. The molecule has 2 aromatic rings. The Hall–Kier alpha value is -1.42. The molecule has 1 aromatic carbocycles.